The molecule has 1 atom stereocenters. The summed E-state index contributed by atoms with van der Waals surface area (Å²) in [7, 11) is -3.56. The maximum absolute atomic E-state index is 12.7. The van der Waals surface area contributed by atoms with E-state index in [9.17, 15) is 18.3 Å². The van der Waals surface area contributed by atoms with Crippen molar-refractivity contribution in [2.45, 2.75) is 30.4 Å². The molecule has 30 heavy (non-hydrogen) atoms. The maximum atomic E-state index is 12.7. The molecule has 0 spiro atoms. The summed E-state index contributed by atoms with van der Waals surface area (Å²) in [6.07, 6.45) is 3.96. The molecule has 0 unspecified atom stereocenters. The lowest BCUT2D eigenvalue weighted by atomic mass is 10.2. The van der Waals surface area contributed by atoms with Gasteiger partial charge in [0.15, 0.2) is 0 Å². The third kappa shape index (κ3) is 4.31. The average Bonchev–Trinajstić information content (AvgIpc) is 3.49. The number of benzene rings is 1. The highest BCUT2D eigenvalue weighted by molar-refractivity contribution is 7.89. The van der Waals surface area contributed by atoms with Gasteiger partial charge in [-0.15, -0.1) is 11.3 Å². The SMILES string of the molecule is O=C(Cn1ccnc1[C@H](O)c1cccs1)Nc1cccc(S(=O)(=O)N2CCCC2)c1. The lowest BCUT2D eigenvalue weighted by Crippen LogP contribution is -2.28. The standard InChI is InChI=1S/C20H22N4O4S2/c25-18(14-23-11-8-21-20(23)19(26)17-7-4-12-29-17)22-15-5-3-6-16(13-15)30(27,28)24-9-1-2-10-24/h3-8,11-13,19,26H,1-2,9-10,14H2,(H,22,25)/t19-/m1/s1. The molecule has 4 rings (SSSR count). The second-order valence-corrected chi connectivity index (χ2v) is 9.94. The Balaban J connectivity index is 1.46. The lowest BCUT2D eigenvalue weighted by molar-refractivity contribution is -0.116. The number of aliphatic hydroxyl groups excluding tert-OH is 1. The molecule has 0 radical (unpaired) electrons. The van der Waals surface area contributed by atoms with E-state index in [-0.39, 0.29) is 17.3 Å². The minimum Gasteiger partial charge on any atom is -0.380 e. The van der Waals surface area contributed by atoms with Crippen LogP contribution in [0.15, 0.2) is 59.1 Å². The van der Waals surface area contributed by atoms with Gasteiger partial charge in [-0.1, -0.05) is 12.1 Å². The molecule has 0 aliphatic carbocycles. The van der Waals surface area contributed by atoms with Gasteiger partial charge in [-0.2, -0.15) is 4.31 Å². The van der Waals surface area contributed by atoms with Gasteiger partial charge < -0.3 is 15.0 Å². The van der Waals surface area contributed by atoms with Gasteiger partial charge >= 0.3 is 0 Å². The summed E-state index contributed by atoms with van der Waals surface area (Å²) in [5, 5.41) is 15.1. The number of imidazole rings is 1. The molecule has 2 aromatic heterocycles. The van der Waals surface area contributed by atoms with Crippen molar-refractivity contribution in [2.24, 2.45) is 0 Å². The van der Waals surface area contributed by atoms with Gasteiger partial charge in [-0.25, -0.2) is 13.4 Å². The number of thiophene rings is 1. The fraction of sp³-hybridized carbons (Fsp3) is 0.300. The predicted molar refractivity (Wildman–Crippen MR) is 114 cm³/mol. The van der Waals surface area contributed by atoms with Gasteiger partial charge in [0.05, 0.1) is 4.90 Å². The molecule has 0 bridgehead atoms. The molecule has 158 valence electrons. The van der Waals surface area contributed by atoms with E-state index in [1.165, 1.54) is 34.0 Å². The summed E-state index contributed by atoms with van der Waals surface area (Å²) >= 11 is 1.41. The Kier molecular flexibility index (Phi) is 6.00. The molecule has 1 aliphatic heterocycles. The average molecular weight is 447 g/mol. The Morgan fingerprint density at radius 2 is 2.03 bits per heavy atom. The zero-order chi connectivity index (χ0) is 21.1. The van der Waals surface area contributed by atoms with Crippen LogP contribution in [0.4, 0.5) is 5.69 Å². The topological polar surface area (TPSA) is 105 Å². The number of nitrogens with zero attached hydrogens (tertiary/aromatic N) is 3. The number of sulfonamides is 1. The first-order chi connectivity index (χ1) is 14.4. The first kappa shape index (κ1) is 20.7. The number of rotatable bonds is 7. The molecule has 1 amide bonds. The summed E-state index contributed by atoms with van der Waals surface area (Å²) < 4.78 is 28.5. The zero-order valence-electron chi connectivity index (χ0n) is 16.1. The third-order valence-corrected chi connectivity index (χ3v) is 7.76. The quantitative estimate of drug-likeness (QED) is 0.580. The summed E-state index contributed by atoms with van der Waals surface area (Å²) in [4.78, 5) is 17.6. The molecular formula is C20H22N4O4S2. The van der Waals surface area contributed by atoms with Crippen molar-refractivity contribution in [2.75, 3.05) is 18.4 Å². The van der Waals surface area contributed by atoms with Crippen molar-refractivity contribution in [1.29, 1.82) is 0 Å². The predicted octanol–water partition coefficient (Wildman–Crippen LogP) is 2.45. The minimum absolute atomic E-state index is 0.0547. The summed E-state index contributed by atoms with van der Waals surface area (Å²) in [5.41, 5.74) is 0.403. The van der Waals surface area contributed by atoms with Crippen LogP contribution in [0.2, 0.25) is 0 Å². The van der Waals surface area contributed by atoms with Crippen molar-refractivity contribution in [3.05, 3.63) is 64.9 Å². The van der Waals surface area contributed by atoms with Crippen LogP contribution in [0.3, 0.4) is 0 Å². The fourth-order valence-corrected chi connectivity index (χ4v) is 5.71. The Morgan fingerprint density at radius 3 is 2.77 bits per heavy atom. The van der Waals surface area contributed by atoms with Gasteiger partial charge in [-0.3, -0.25) is 4.79 Å². The highest BCUT2D eigenvalue weighted by atomic mass is 32.2. The monoisotopic (exact) mass is 446 g/mol. The summed E-state index contributed by atoms with van der Waals surface area (Å²) in [5.74, 6) is 0.0290. The first-order valence-electron chi connectivity index (χ1n) is 9.58. The number of amides is 1. The maximum Gasteiger partial charge on any atom is 0.244 e. The van der Waals surface area contributed by atoms with Gasteiger partial charge in [0.25, 0.3) is 0 Å². The molecule has 8 nitrogen and oxygen atoms in total. The summed E-state index contributed by atoms with van der Waals surface area (Å²) in [6, 6.07) is 9.92. The molecule has 3 aromatic rings. The molecule has 2 N–H and O–H groups in total. The van der Waals surface area contributed by atoms with E-state index in [1.807, 2.05) is 11.4 Å². The second-order valence-electron chi connectivity index (χ2n) is 7.02. The van der Waals surface area contributed by atoms with Crippen molar-refractivity contribution in [3.63, 3.8) is 0 Å². The molecule has 1 fully saturated rings. The van der Waals surface area contributed by atoms with E-state index in [1.54, 1.807) is 29.0 Å². The molecule has 10 heteroatoms. The number of anilines is 1. The largest absolute Gasteiger partial charge is 0.380 e. The van der Waals surface area contributed by atoms with Crippen molar-refractivity contribution in [3.8, 4) is 0 Å². The van der Waals surface area contributed by atoms with Gasteiger partial charge in [0.2, 0.25) is 15.9 Å². The number of aliphatic hydroxyl groups is 1. The van der Waals surface area contributed by atoms with Crippen LogP contribution in [0.5, 0.6) is 0 Å². The first-order valence-corrected chi connectivity index (χ1v) is 11.9. The van der Waals surface area contributed by atoms with Gasteiger partial charge in [0, 0.05) is 36.0 Å². The molecular weight excluding hydrogens is 424 g/mol. The molecule has 1 aromatic carbocycles. The number of nitrogens with one attached hydrogen (secondary N) is 1. The third-order valence-electron chi connectivity index (χ3n) is 4.94. The van der Waals surface area contributed by atoms with Crippen molar-refractivity contribution >= 4 is 33.0 Å². The van der Waals surface area contributed by atoms with Crippen LogP contribution in [-0.2, 0) is 21.4 Å². The van der Waals surface area contributed by atoms with E-state index in [2.05, 4.69) is 10.3 Å². The highest BCUT2D eigenvalue weighted by Crippen LogP contribution is 2.25. The van der Waals surface area contributed by atoms with Crippen molar-refractivity contribution < 1.29 is 18.3 Å². The Hall–Kier alpha value is -2.53. The number of aromatic nitrogens is 2. The molecule has 1 saturated heterocycles. The highest BCUT2D eigenvalue weighted by Gasteiger charge is 2.27. The normalized spacial score (nSPS) is 15.9. The van der Waals surface area contributed by atoms with Crippen molar-refractivity contribution in [1.82, 2.24) is 13.9 Å². The Morgan fingerprint density at radius 1 is 1.23 bits per heavy atom. The van der Waals surface area contributed by atoms with Gasteiger partial charge in [-0.05, 0) is 42.5 Å². The van der Waals surface area contributed by atoms with Crippen LogP contribution in [0.25, 0.3) is 0 Å². The van der Waals surface area contributed by atoms with Crippen LogP contribution in [-0.4, -0.2) is 46.4 Å². The number of hydrogen-bond donors (Lipinski definition) is 2. The number of carbonyl (C=O) groups is 1. The van der Waals surface area contributed by atoms with E-state index in [0.29, 0.717) is 24.6 Å². The van der Waals surface area contributed by atoms with E-state index in [4.69, 9.17) is 0 Å². The summed E-state index contributed by atoms with van der Waals surface area (Å²) in [6.45, 7) is 0.991. The van der Waals surface area contributed by atoms with Gasteiger partial charge in [0.1, 0.15) is 18.5 Å². The van der Waals surface area contributed by atoms with E-state index in [0.717, 1.165) is 17.7 Å². The minimum atomic E-state index is -3.56. The van der Waals surface area contributed by atoms with Crippen LogP contribution >= 0.6 is 11.3 Å². The molecule has 1 aliphatic rings. The second kappa shape index (κ2) is 8.68. The van der Waals surface area contributed by atoms with Crippen LogP contribution in [0.1, 0.15) is 29.6 Å². The fourth-order valence-electron chi connectivity index (χ4n) is 3.44. The number of hydrogen-bond acceptors (Lipinski definition) is 6. The van der Waals surface area contributed by atoms with Crippen LogP contribution in [0, 0.1) is 0 Å². The van der Waals surface area contributed by atoms with Crippen LogP contribution < -0.4 is 5.32 Å². The smallest absolute Gasteiger partial charge is 0.244 e. The van der Waals surface area contributed by atoms with E-state index >= 15 is 0 Å². The Bertz CT molecular complexity index is 1120. The van der Waals surface area contributed by atoms with E-state index < -0.39 is 16.1 Å². The lowest BCUT2D eigenvalue weighted by Gasteiger charge is -2.16. The Labute approximate surface area is 178 Å². The number of carbonyl (C=O) groups excluding carboxylic acids is 1. The zero-order valence-corrected chi connectivity index (χ0v) is 17.8. The molecule has 3 heterocycles. The molecule has 0 saturated carbocycles.